The highest BCUT2D eigenvalue weighted by Crippen LogP contribution is 2.41. The van der Waals surface area contributed by atoms with Crippen LogP contribution in [0.25, 0.3) is 0 Å². The van der Waals surface area contributed by atoms with Crippen molar-refractivity contribution in [3.63, 3.8) is 0 Å². The van der Waals surface area contributed by atoms with Crippen LogP contribution in [0.2, 0.25) is 0 Å². The number of alkyl halides is 5. The predicted octanol–water partition coefficient (Wildman–Crippen LogP) is 3.95. The number of nitrogens with zero attached hydrogens (tertiary/aromatic N) is 1. The number of rotatable bonds is 5. The Morgan fingerprint density at radius 1 is 1.17 bits per heavy atom. The molecule has 0 saturated heterocycles. The van der Waals surface area contributed by atoms with E-state index in [4.69, 9.17) is 10.00 Å². The molecule has 2 nitrogen and oxygen atoms in total. The maximum atomic E-state index is 12.8. The van der Waals surface area contributed by atoms with Crippen LogP contribution in [0, 0.1) is 11.3 Å². The van der Waals surface area contributed by atoms with Gasteiger partial charge >= 0.3 is 10.8 Å². The second kappa shape index (κ2) is 5.57. The number of hydrogen-bond acceptors (Lipinski definition) is 2. The minimum atomic E-state index is -4.26. The lowest BCUT2D eigenvalue weighted by Gasteiger charge is -2.21. The van der Waals surface area contributed by atoms with Gasteiger partial charge in [0.2, 0.25) is 0 Å². The summed E-state index contributed by atoms with van der Waals surface area (Å²) in [5.74, 6) is -3.94. The van der Waals surface area contributed by atoms with Crippen molar-refractivity contribution in [2.75, 3.05) is 6.61 Å². The molecule has 0 aliphatic heterocycles. The number of halogens is 5. The first kappa shape index (κ1) is 14.8. The third kappa shape index (κ3) is 3.88. The van der Waals surface area contributed by atoms with E-state index in [1.54, 1.807) is 15.9 Å². The summed E-state index contributed by atoms with van der Waals surface area (Å²) >= 11 is 1.63. The molecule has 0 heterocycles. The Kier molecular flexibility index (Phi) is 4.57. The molecule has 0 saturated carbocycles. The van der Waals surface area contributed by atoms with Gasteiger partial charge in [0.25, 0.3) is 0 Å². The highest BCUT2D eigenvalue weighted by atomic mass is 79.9. The average molecular weight is 326 g/mol. The maximum absolute atomic E-state index is 12.8. The molecule has 0 aliphatic rings. The molecule has 18 heavy (non-hydrogen) atoms. The molecular formula is C11H8BrF4NO. The summed E-state index contributed by atoms with van der Waals surface area (Å²) in [6.07, 6.45) is -1.12. The molecule has 1 rings (SSSR count). The molecule has 0 unspecified atom stereocenters. The summed E-state index contributed by atoms with van der Waals surface area (Å²) in [6.45, 7) is -0.555. The predicted molar refractivity (Wildman–Crippen MR) is 60.1 cm³/mol. The van der Waals surface area contributed by atoms with Crippen LogP contribution >= 0.6 is 15.9 Å². The van der Waals surface area contributed by atoms with Gasteiger partial charge in [-0.2, -0.15) is 22.8 Å². The van der Waals surface area contributed by atoms with Crippen LogP contribution in [0.4, 0.5) is 17.6 Å². The fraction of sp³-hybridized carbons (Fsp3) is 0.364. The van der Waals surface area contributed by atoms with Gasteiger partial charge in [-0.25, -0.2) is 0 Å². The smallest absolute Gasteiger partial charge is 0.363 e. The Balaban J connectivity index is 2.49. The summed E-state index contributed by atoms with van der Waals surface area (Å²) < 4.78 is 55.4. The first-order chi connectivity index (χ1) is 8.26. The van der Waals surface area contributed by atoms with E-state index in [1.165, 1.54) is 24.3 Å². The van der Waals surface area contributed by atoms with Crippen molar-refractivity contribution in [2.24, 2.45) is 0 Å². The molecule has 7 heteroatoms. The van der Waals surface area contributed by atoms with Crippen molar-refractivity contribution < 1.29 is 22.3 Å². The van der Waals surface area contributed by atoms with E-state index in [-0.39, 0.29) is 5.75 Å². The Hall–Kier alpha value is -1.29. The van der Waals surface area contributed by atoms with E-state index >= 15 is 0 Å². The van der Waals surface area contributed by atoms with E-state index in [2.05, 4.69) is 0 Å². The van der Waals surface area contributed by atoms with Crippen molar-refractivity contribution in [1.82, 2.24) is 0 Å². The molecule has 0 aliphatic carbocycles. The van der Waals surface area contributed by atoms with Crippen LogP contribution in [-0.2, 0) is 0 Å². The minimum absolute atomic E-state index is 0.239. The summed E-state index contributed by atoms with van der Waals surface area (Å²) in [7, 11) is 0. The quantitative estimate of drug-likeness (QED) is 0.606. The van der Waals surface area contributed by atoms with Crippen LogP contribution in [0.3, 0.4) is 0 Å². The largest absolute Gasteiger partial charge is 0.493 e. The van der Waals surface area contributed by atoms with Crippen molar-refractivity contribution in [2.45, 2.75) is 17.2 Å². The molecule has 98 valence electrons. The first-order valence-electron chi connectivity index (χ1n) is 4.84. The number of benzene rings is 1. The van der Waals surface area contributed by atoms with Crippen molar-refractivity contribution in [3.8, 4) is 11.8 Å². The molecule has 0 aromatic heterocycles. The lowest BCUT2D eigenvalue weighted by Crippen LogP contribution is -2.36. The Labute approximate surface area is 109 Å². The molecule has 0 amide bonds. The zero-order valence-electron chi connectivity index (χ0n) is 8.97. The van der Waals surface area contributed by atoms with Gasteiger partial charge in [0.15, 0.2) is 0 Å². The van der Waals surface area contributed by atoms with Crippen LogP contribution < -0.4 is 4.74 Å². The number of ether oxygens (including phenoxy) is 1. The fourth-order valence-electron chi connectivity index (χ4n) is 1.06. The van der Waals surface area contributed by atoms with Gasteiger partial charge in [0.05, 0.1) is 24.7 Å². The second-order valence-electron chi connectivity index (χ2n) is 3.44. The van der Waals surface area contributed by atoms with Crippen LogP contribution in [0.15, 0.2) is 24.3 Å². The third-order valence-electron chi connectivity index (χ3n) is 2.08. The van der Waals surface area contributed by atoms with Gasteiger partial charge in [0.1, 0.15) is 5.75 Å². The van der Waals surface area contributed by atoms with Gasteiger partial charge in [-0.1, -0.05) is 0 Å². The lowest BCUT2D eigenvalue weighted by atomic mass is 10.2. The molecular weight excluding hydrogens is 318 g/mol. The average Bonchev–Trinajstić information content (AvgIpc) is 2.28. The van der Waals surface area contributed by atoms with E-state index in [9.17, 15) is 17.6 Å². The highest BCUT2D eigenvalue weighted by molar-refractivity contribution is 9.10. The molecule has 0 spiro atoms. The van der Waals surface area contributed by atoms with Gasteiger partial charge in [0, 0.05) is 0 Å². The normalized spacial score (nSPS) is 12.0. The van der Waals surface area contributed by atoms with E-state index in [0.717, 1.165) is 0 Å². The molecule has 0 radical (unpaired) electrons. The Morgan fingerprint density at radius 2 is 1.72 bits per heavy atom. The zero-order valence-corrected chi connectivity index (χ0v) is 10.6. The molecule has 0 fully saturated rings. The SMILES string of the molecule is N#Cc1ccc(OCCC(F)(F)C(F)(F)Br)cc1. The maximum Gasteiger partial charge on any atom is 0.363 e. The molecule has 1 aromatic carbocycles. The van der Waals surface area contributed by atoms with Gasteiger partial charge < -0.3 is 4.74 Å². The third-order valence-corrected chi connectivity index (χ3v) is 2.66. The standard InChI is InChI=1S/C11H8BrF4NO/c12-11(15,16)10(13,14)5-6-18-9-3-1-8(7-17)2-4-9/h1-4H,5-6H2. The monoisotopic (exact) mass is 325 g/mol. The second-order valence-corrected chi connectivity index (χ2v) is 4.43. The van der Waals surface area contributed by atoms with Gasteiger partial charge in [-0.3, -0.25) is 0 Å². The number of nitriles is 1. The van der Waals surface area contributed by atoms with E-state index in [1.807, 2.05) is 6.07 Å². The molecule has 1 aromatic rings. The van der Waals surface area contributed by atoms with Crippen molar-refractivity contribution in [3.05, 3.63) is 29.8 Å². The van der Waals surface area contributed by atoms with Gasteiger partial charge in [-0.15, -0.1) is 0 Å². The Bertz CT molecular complexity index is 436. The first-order valence-corrected chi connectivity index (χ1v) is 5.63. The summed E-state index contributed by atoms with van der Waals surface area (Å²) in [6, 6.07) is 7.56. The molecule has 0 atom stereocenters. The van der Waals surface area contributed by atoms with E-state index < -0.39 is 23.8 Å². The topological polar surface area (TPSA) is 33.0 Å². The van der Waals surface area contributed by atoms with Crippen molar-refractivity contribution >= 4 is 15.9 Å². The summed E-state index contributed by atoms with van der Waals surface area (Å²) in [5.41, 5.74) is 0.389. The van der Waals surface area contributed by atoms with Crippen molar-refractivity contribution in [1.29, 1.82) is 5.26 Å². The highest BCUT2D eigenvalue weighted by Gasteiger charge is 2.53. The minimum Gasteiger partial charge on any atom is -0.493 e. The molecule has 0 bridgehead atoms. The zero-order chi connectivity index (χ0) is 13.8. The molecule has 0 N–H and O–H groups in total. The Morgan fingerprint density at radius 3 is 2.17 bits per heavy atom. The van der Waals surface area contributed by atoms with Crippen LogP contribution in [0.5, 0.6) is 5.75 Å². The van der Waals surface area contributed by atoms with Crippen LogP contribution in [0.1, 0.15) is 12.0 Å². The lowest BCUT2D eigenvalue weighted by molar-refractivity contribution is -0.154. The number of hydrogen-bond donors (Lipinski definition) is 0. The fourth-order valence-corrected chi connectivity index (χ4v) is 1.26. The van der Waals surface area contributed by atoms with E-state index in [0.29, 0.717) is 5.56 Å². The summed E-state index contributed by atoms with van der Waals surface area (Å²) in [5, 5.41) is 8.52. The van der Waals surface area contributed by atoms with Gasteiger partial charge in [-0.05, 0) is 40.2 Å². The van der Waals surface area contributed by atoms with Crippen LogP contribution in [-0.4, -0.2) is 17.4 Å². The summed E-state index contributed by atoms with van der Waals surface area (Å²) in [4.78, 5) is -4.26.